The van der Waals surface area contributed by atoms with Crippen LogP contribution in [0.5, 0.6) is 0 Å². The molecule has 0 bridgehead atoms. The Labute approximate surface area is 132 Å². The topological polar surface area (TPSA) is 41.1 Å². The van der Waals surface area contributed by atoms with Gasteiger partial charge in [0.05, 0.1) is 0 Å². The van der Waals surface area contributed by atoms with E-state index in [1.807, 2.05) is 24.3 Å². The van der Waals surface area contributed by atoms with Gasteiger partial charge in [-0.25, -0.2) is 0 Å². The maximum Gasteiger partial charge on any atom is 0.251 e. The highest BCUT2D eigenvalue weighted by Crippen LogP contribution is 2.18. The van der Waals surface area contributed by atoms with Gasteiger partial charge in [-0.05, 0) is 36.6 Å². The van der Waals surface area contributed by atoms with E-state index in [1.54, 1.807) is 7.05 Å². The van der Waals surface area contributed by atoms with Crippen LogP contribution in [0.1, 0.15) is 46.4 Å². The van der Waals surface area contributed by atoms with Crippen LogP contribution >= 0.6 is 0 Å². The predicted molar refractivity (Wildman–Crippen MR) is 90.9 cm³/mol. The highest BCUT2D eigenvalue weighted by atomic mass is 16.1. The minimum atomic E-state index is -0.0487. The molecule has 3 heteroatoms. The van der Waals surface area contributed by atoms with Gasteiger partial charge in [-0.15, -0.1) is 0 Å². The van der Waals surface area contributed by atoms with E-state index in [0.29, 0.717) is 11.6 Å². The van der Waals surface area contributed by atoms with Gasteiger partial charge in [0.1, 0.15) is 0 Å². The maximum absolute atomic E-state index is 11.7. The van der Waals surface area contributed by atoms with Crippen LogP contribution < -0.4 is 10.6 Å². The monoisotopic (exact) mass is 296 g/mol. The molecule has 0 fully saturated rings. The van der Waals surface area contributed by atoms with Crippen molar-refractivity contribution in [3.63, 3.8) is 0 Å². The second-order valence-electron chi connectivity index (χ2n) is 5.53. The molecule has 22 heavy (non-hydrogen) atoms. The average molecular weight is 296 g/mol. The third-order valence-electron chi connectivity index (χ3n) is 3.86. The van der Waals surface area contributed by atoms with Crippen molar-refractivity contribution in [2.75, 3.05) is 7.05 Å². The number of hydrogen-bond acceptors (Lipinski definition) is 2. The van der Waals surface area contributed by atoms with Gasteiger partial charge in [0.25, 0.3) is 5.91 Å². The van der Waals surface area contributed by atoms with E-state index >= 15 is 0 Å². The molecule has 1 atom stereocenters. The fourth-order valence-corrected chi connectivity index (χ4v) is 2.50. The van der Waals surface area contributed by atoms with Crippen LogP contribution in [0.4, 0.5) is 0 Å². The molecular weight excluding hydrogens is 272 g/mol. The second-order valence-corrected chi connectivity index (χ2v) is 5.53. The highest BCUT2D eigenvalue weighted by molar-refractivity contribution is 5.94. The Morgan fingerprint density at radius 3 is 2.50 bits per heavy atom. The van der Waals surface area contributed by atoms with Crippen LogP contribution in [0.3, 0.4) is 0 Å². The molecule has 2 aromatic carbocycles. The zero-order valence-electron chi connectivity index (χ0n) is 13.5. The summed E-state index contributed by atoms with van der Waals surface area (Å²) in [6, 6.07) is 16.7. The molecule has 0 aliphatic heterocycles. The molecule has 0 radical (unpaired) electrons. The Morgan fingerprint density at radius 2 is 1.86 bits per heavy atom. The Kier molecular flexibility index (Phi) is 5.73. The van der Waals surface area contributed by atoms with Gasteiger partial charge in [-0.1, -0.05) is 48.9 Å². The summed E-state index contributed by atoms with van der Waals surface area (Å²) in [5.74, 6) is -0.0487. The lowest BCUT2D eigenvalue weighted by atomic mass is 10.0. The SMILES string of the molecule is CCC(NCc1cccc(C(=O)NC)c1)c1ccc(C)cc1. The normalized spacial score (nSPS) is 12.0. The average Bonchev–Trinajstić information content (AvgIpc) is 2.56. The first-order valence-corrected chi connectivity index (χ1v) is 7.75. The summed E-state index contributed by atoms with van der Waals surface area (Å²) in [4.78, 5) is 11.7. The maximum atomic E-state index is 11.7. The van der Waals surface area contributed by atoms with E-state index < -0.39 is 0 Å². The summed E-state index contributed by atoms with van der Waals surface area (Å²) in [6.45, 7) is 5.03. The van der Waals surface area contributed by atoms with Gasteiger partial charge in [0.2, 0.25) is 0 Å². The molecule has 3 nitrogen and oxygen atoms in total. The van der Waals surface area contributed by atoms with E-state index in [4.69, 9.17) is 0 Å². The van der Waals surface area contributed by atoms with Gasteiger partial charge in [0.15, 0.2) is 0 Å². The van der Waals surface area contributed by atoms with Crippen LogP contribution in [0, 0.1) is 6.92 Å². The Balaban J connectivity index is 2.04. The van der Waals surface area contributed by atoms with Crippen molar-refractivity contribution < 1.29 is 4.79 Å². The second kappa shape index (κ2) is 7.76. The Bertz CT molecular complexity index is 620. The summed E-state index contributed by atoms with van der Waals surface area (Å²) < 4.78 is 0. The van der Waals surface area contributed by atoms with Crippen molar-refractivity contribution in [1.29, 1.82) is 0 Å². The quantitative estimate of drug-likeness (QED) is 0.855. The lowest BCUT2D eigenvalue weighted by Gasteiger charge is -2.18. The zero-order valence-corrected chi connectivity index (χ0v) is 13.5. The standard InChI is InChI=1S/C19H24N2O/c1-4-18(16-10-8-14(2)9-11-16)21-13-15-6-5-7-17(12-15)19(22)20-3/h5-12,18,21H,4,13H2,1-3H3,(H,20,22). The van der Waals surface area contributed by atoms with Crippen molar-refractivity contribution in [1.82, 2.24) is 10.6 Å². The molecule has 0 heterocycles. The Morgan fingerprint density at radius 1 is 1.14 bits per heavy atom. The number of rotatable bonds is 6. The molecule has 116 valence electrons. The number of aryl methyl sites for hydroxylation is 1. The van der Waals surface area contributed by atoms with Crippen LogP contribution in [0.2, 0.25) is 0 Å². The van der Waals surface area contributed by atoms with Gasteiger partial charge >= 0.3 is 0 Å². The van der Waals surface area contributed by atoms with E-state index in [2.05, 4.69) is 48.7 Å². The lowest BCUT2D eigenvalue weighted by molar-refractivity contribution is 0.0963. The largest absolute Gasteiger partial charge is 0.355 e. The summed E-state index contributed by atoms with van der Waals surface area (Å²) in [5, 5.41) is 6.23. The summed E-state index contributed by atoms with van der Waals surface area (Å²) in [5.41, 5.74) is 4.39. The number of amides is 1. The third kappa shape index (κ3) is 4.18. The van der Waals surface area contributed by atoms with E-state index in [9.17, 15) is 4.79 Å². The molecule has 0 aliphatic rings. The van der Waals surface area contributed by atoms with Gasteiger partial charge < -0.3 is 10.6 Å². The first-order valence-electron chi connectivity index (χ1n) is 7.75. The molecule has 0 saturated carbocycles. The van der Waals surface area contributed by atoms with Crippen molar-refractivity contribution in [2.24, 2.45) is 0 Å². The van der Waals surface area contributed by atoms with Crippen molar-refractivity contribution in [3.05, 3.63) is 70.8 Å². The Hall–Kier alpha value is -2.13. The predicted octanol–water partition coefficient (Wildman–Crippen LogP) is 3.60. The van der Waals surface area contributed by atoms with E-state index in [0.717, 1.165) is 18.5 Å². The van der Waals surface area contributed by atoms with Gasteiger partial charge in [-0.3, -0.25) is 4.79 Å². The number of carbonyl (C=O) groups excluding carboxylic acids is 1. The van der Waals surface area contributed by atoms with E-state index in [1.165, 1.54) is 11.1 Å². The molecule has 1 amide bonds. The molecule has 0 aromatic heterocycles. The number of nitrogens with one attached hydrogen (secondary N) is 2. The van der Waals surface area contributed by atoms with Gasteiger partial charge in [0, 0.05) is 25.2 Å². The first-order chi connectivity index (χ1) is 10.6. The van der Waals surface area contributed by atoms with Gasteiger partial charge in [-0.2, -0.15) is 0 Å². The zero-order chi connectivity index (χ0) is 15.9. The molecule has 2 aromatic rings. The van der Waals surface area contributed by atoms with Crippen LogP contribution in [-0.4, -0.2) is 13.0 Å². The van der Waals surface area contributed by atoms with Crippen LogP contribution in [0.25, 0.3) is 0 Å². The smallest absolute Gasteiger partial charge is 0.251 e. The summed E-state index contributed by atoms with van der Waals surface area (Å²) >= 11 is 0. The third-order valence-corrected chi connectivity index (χ3v) is 3.86. The molecule has 0 spiro atoms. The lowest BCUT2D eigenvalue weighted by Crippen LogP contribution is -2.21. The summed E-state index contributed by atoms with van der Waals surface area (Å²) in [6.07, 6.45) is 1.03. The molecule has 0 aliphatic carbocycles. The van der Waals surface area contributed by atoms with Crippen LogP contribution in [0.15, 0.2) is 48.5 Å². The minimum Gasteiger partial charge on any atom is -0.355 e. The molecule has 2 N–H and O–H groups in total. The van der Waals surface area contributed by atoms with E-state index in [-0.39, 0.29) is 5.91 Å². The minimum absolute atomic E-state index is 0.0487. The van der Waals surface area contributed by atoms with Crippen molar-refractivity contribution >= 4 is 5.91 Å². The molecule has 0 saturated heterocycles. The number of benzene rings is 2. The molecule has 1 unspecified atom stereocenters. The summed E-state index contributed by atoms with van der Waals surface area (Å²) in [7, 11) is 1.65. The molecule has 2 rings (SSSR count). The van der Waals surface area contributed by atoms with Crippen molar-refractivity contribution in [3.8, 4) is 0 Å². The number of carbonyl (C=O) groups is 1. The van der Waals surface area contributed by atoms with Crippen molar-refractivity contribution in [2.45, 2.75) is 32.9 Å². The highest BCUT2D eigenvalue weighted by Gasteiger charge is 2.09. The number of hydrogen-bond donors (Lipinski definition) is 2. The fraction of sp³-hybridized carbons (Fsp3) is 0.316. The van der Waals surface area contributed by atoms with Crippen LogP contribution in [-0.2, 0) is 6.54 Å². The fourth-order valence-electron chi connectivity index (χ4n) is 2.50. The first kappa shape index (κ1) is 16.2. The molecular formula is C19H24N2O.